The number of H-pyrrole nitrogens is 1. The van der Waals surface area contributed by atoms with E-state index in [1.165, 1.54) is 6.07 Å². The highest BCUT2D eigenvalue weighted by molar-refractivity contribution is 5.76. The zero-order valence-corrected chi connectivity index (χ0v) is 10.7. The summed E-state index contributed by atoms with van der Waals surface area (Å²) in [6, 6.07) is 3.22. The first kappa shape index (κ1) is 14.0. The molecule has 1 unspecified atom stereocenters. The van der Waals surface area contributed by atoms with Crippen molar-refractivity contribution in [1.82, 2.24) is 25.9 Å². The topological polar surface area (TPSA) is 83.6 Å². The second-order valence-corrected chi connectivity index (χ2v) is 4.31. The van der Waals surface area contributed by atoms with Gasteiger partial charge in [0.1, 0.15) is 0 Å². The number of halogens is 2. The average Bonchev–Trinajstić information content (AvgIpc) is 2.94. The molecule has 106 valence electrons. The number of aromatic nitrogens is 4. The highest BCUT2D eigenvalue weighted by Crippen LogP contribution is 2.11. The third kappa shape index (κ3) is 3.56. The molecular weight excluding hydrogens is 268 g/mol. The van der Waals surface area contributed by atoms with Gasteiger partial charge in [-0.25, -0.2) is 8.78 Å². The second kappa shape index (κ2) is 6.18. The number of aromatic amines is 1. The molecule has 0 bridgehead atoms. The van der Waals surface area contributed by atoms with E-state index in [9.17, 15) is 13.6 Å². The van der Waals surface area contributed by atoms with Gasteiger partial charge in [0, 0.05) is 6.42 Å². The molecule has 2 rings (SSSR count). The lowest BCUT2D eigenvalue weighted by Gasteiger charge is -2.09. The number of amides is 1. The van der Waals surface area contributed by atoms with Gasteiger partial charge >= 0.3 is 0 Å². The van der Waals surface area contributed by atoms with E-state index in [4.69, 9.17) is 0 Å². The predicted molar refractivity (Wildman–Crippen MR) is 65.4 cm³/mol. The molecule has 20 heavy (non-hydrogen) atoms. The van der Waals surface area contributed by atoms with Crippen molar-refractivity contribution in [2.45, 2.75) is 25.8 Å². The molecule has 1 aromatic carbocycles. The first-order chi connectivity index (χ1) is 9.56. The van der Waals surface area contributed by atoms with Crippen LogP contribution in [0.1, 0.15) is 30.8 Å². The number of hydrogen-bond donors (Lipinski definition) is 2. The molecule has 1 heterocycles. The van der Waals surface area contributed by atoms with Gasteiger partial charge in [-0.15, -0.1) is 10.2 Å². The number of tetrazole rings is 1. The number of nitrogens with zero attached hydrogens (tertiary/aromatic N) is 3. The number of carbonyl (C=O) groups excluding carboxylic acids is 1. The van der Waals surface area contributed by atoms with E-state index in [2.05, 4.69) is 25.9 Å². The standard InChI is InChI=1S/C12H13F2N5O/c1-7(12-16-18-19-17-12)15-11(20)5-3-8-2-4-9(13)10(14)6-8/h2,4,6-7H,3,5H2,1H3,(H,15,20)(H,16,17,18,19). The maximum absolute atomic E-state index is 13.0. The Hall–Kier alpha value is -2.38. The third-order valence-corrected chi connectivity index (χ3v) is 2.75. The summed E-state index contributed by atoms with van der Waals surface area (Å²) in [6.07, 6.45) is 0.481. The van der Waals surface area contributed by atoms with Gasteiger partial charge in [0.25, 0.3) is 0 Å². The van der Waals surface area contributed by atoms with Gasteiger partial charge in [0.05, 0.1) is 6.04 Å². The Labute approximate surface area is 113 Å². The number of nitrogens with one attached hydrogen (secondary N) is 2. The largest absolute Gasteiger partial charge is 0.346 e. The number of hydrogen-bond acceptors (Lipinski definition) is 4. The van der Waals surface area contributed by atoms with Crippen molar-refractivity contribution < 1.29 is 13.6 Å². The summed E-state index contributed by atoms with van der Waals surface area (Å²) in [5.41, 5.74) is 0.561. The molecule has 2 N–H and O–H groups in total. The van der Waals surface area contributed by atoms with E-state index in [0.29, 0.717) is 17.8 Å². The van der Waals surface area contributed by atoms with Crippen molar-refractivity contribution in [3.8, 4) is 0 Å². The van der Waals surface area contributed by atoms with Crippen LogP contribution in [0.25, 0.3) is 0 Å². The lowest BCUT2D eigenvalue weighted by Crippen LogP contribution is -2.27. The van der Waals surface area contributed by atoms with Crippen LogP contribution < -0.4 is 5.32 Å². The lowest BCUT2D eigenvalue weighted by atomic mass is 10.1. The molecule has 1 atom stereocenters. The van der Waals surface area contributed by atoms with Crippen LogP contribution in [0.15, 0.2) is 18.2 Å². The van der Waals surface area contributed by atoms with Crippen LogP contribution in [0.5, 0.6) is 0 Å². The van der Waals surface area contributed by atoms with Crippen LogP contribution >= 0.6 is 0 Å². The van der Waals surface area contributed by atoms with E-state index < -0.39 is 11.6 Å². The number of benzene rings is 1. The van der Waals surface area contributed by atoms with Crippen LogP contribution in [-0.4, -0.2) is 26.5 Å². The van der Waals surface area contributed by atoms with Crippen LogP contribution in [0.4, 0.5) is 8.78 Å². The zero-order chi connectivity index (χ0) is 14.5. The number of aryl methyl sites for hydroxylation is 1. The molecule has 0 saturated heterocycles. The Bertz CT molecular complexity index is 588. The van der Waals surface area contributed by atoms with Gasteiger partial charge in [-0.1, -0.05) is 11.3 Å². The summed E-state index contributed by atoms with van der Waals surface area (Å²) in [5.74, 6) is -1.66. The van der Waals surface area contributed by atoms with Gasteiger partial charge in [0.2, 0.25) is 5.91 Å². The molecule has 0 radical (unpaired) electrons. The summed E-state index contributed by atoms with van der Waals surface area (Å²) in [5, 5.41) is 15.9. The second-order valence-electron chi connectivity index (χ2n) is 4.31. The molecule has 0 aliphatic heterocycles. The average molecular weight is 281 g/mol. The van der Waals surface area contributed by atoms with Crippen molar-refractivity contribution in [1.29, 1.82) is 0 Å². The lowest BCUT2D eigenvalue weighted by molar-refractivity contribution is -0.121. The van der Waals surface area contributed by atoms with Crippen molar-refractivity contribution in [2.24, 2.45) is 0 Å². The van der Waals surface area contributed by atoms with Gasteiger partial charge in [-0.2, -0.15) is 5.21 Å². The fraction of sp³-hybridized carbons (Fsp3) is 0.333. The van der Waals surface area contributed by atoms with E-state index in [-0.39, 0.29) is 18.4 Å². The Morgan fingerprint density at radius 3 is 2.85 bits per heavy atom. The summed E-state index contributed by atoms with van der Waals surface area (Å²) < 4.78 is 25.7. The highest BCUT2D eigenvalue weighted by Gasteiger charge is 2.13. The fourth-order valence-electron chi connectivity index (χ4n) is 1.68. The minimum atomic E-state index is -0.914. The Morgan fingerprint density at radius 2 is 2.20 bits per heavy atom. The Morgan fingerprint density at radius 1 is 1.40 bits per heavy atom. The Balaban J connectivity index is 1.84. The van der Waals surface area contributed by atoms with Gasteiger partial charge < -0.3 is 5.32 Å². The normalized spacial score (nSPS) is 12.2. The highest BCUT2D eigenvalue weighted by atomic mass is 19.2. The van der Waals surface area contributed by atoms with Crippen molar-refractivity contribution in [3.63, 3.8) is 0 Å². The quantitative estimate of drug-likeness (QED) is 0.865. The molecule has 6 nitrogen and oxygen atoms in total. The van der Waals surface area contributed by atoms with Gasteiger partial charge in [-0.05, 0) is 31.0 Å². The maximum atomic E-state index is 13.0. The smallest absolute Gasteiger partial charge is 0.220 e. The molecule has 0 aliphatic carbocycles. The maximum Gasteiger partial charge on any atom is 0.220 e. The molecular formula is C12H13F2N5O. The molecule has 0 fully saturated rings. The monoisotopic (exact) mass is 281 g/mol. The molecule has 0 saturated carbocycles. The van der Waals surface area contributed by atoms with E-state index >= 15 is 0 Å². The van der Waals surface area contributed by atoms with Gasteiger partial charge in [-0.3, -0.25) is 4.79 Å². The van der Waals surface area contributed by atoms with Crippen LogP contribution in [-0.2, 0) is 11.2 Å². The zero-order valence-electron chi connectivity index (χ0n) is 10.7. The SMILES string of the molecule is CC(NC(=O)CCc1ccc(F)c(F)c1)c1nn[nH]n1. The van der Waals surface area contributed by atoms with Gasteiger partial charge in [0.15, 0.2) is 17.5 Å². The van der Waals surface area contributed by atoms with Crippen molar-refractivity contribution >= 4 is 5.91 Å². The predicted octanol–water partition coefficient (Wildman–Crippen LogP) is 1.29. The van der Waals surface area contributed by atoms with Crippen LogP contribution in [0.2, 0.25) is 0 Å². The van der Waals surface area contributed by atoms with E-state index in [1.54, 1.807) is 6.92 Å². The number of carbonyl (C=O) groups is 1. The fourth-order valence-corrected chi connectivity index (χ4v) is 1.68. The first-order valence-corrected chi connectivity index (χ1v) is 6.03. The summed E-state index contributed by atoms with van der Waals surface area (Å²) in [6.45, 7) is 1.72. The van der Waals surface area contributed by atoms with Crippen LogP contribution in [0, 0.1) is 11.6 Å². The summed E-state index contributed by atoms with van der Waals surface area (Å²) in [7, 11) is 0. The number of rotatable bonds is 5. The molecule has 1 aromatic heterocycles. The third-order valence-electron chi connectivity index (χ3n) is 2.75. The Kier molecular flexibility index (Phi) is 4.34. The molecule has 1 amide bonds. The summed E-state index contributed by atoms with van der Waals surface area (Å²) in [4.78, 5) is 11.7. The summed E-state index contributed by atoms with van der Waals surface area (Å²) >= 11 is 0. The van der Waals surface area contributed by atoms with Crippen molar-refractivity contribution in [2.75, 3.05) is 0 Å². The molecule has 8 heteroatoms. The molecule has 0 aliphatic rings. The van der Waals surface area contributed by atoms with Crippen LogP contribution in [0.3, 0.4) is 0 Å². The minimum absolute atomic E-state index is 0.160. The first-order valence-electron chi connectivity index (χ1n) is 6.03. The van der Waals surface area contributed by atoms with E-state index in [1.807, 2.05) is 0 Å². The molecule has 0 spiro atoms. The minimum Gasteiger partial charge on any atom is -0.346 e. The van der Waals surface area contributed by atoms with E-state index in [0.717, 1.165) is 12.1 Å². The molecule has 2 aromatic rings. The van der Waals surface area contributed by atoms with Crippen molar-refractivity contribution in [3.05, 3.63) is 41.2 Å².